The van der Waals surface area contributed by atoms with Gasteiger partial charge in [-0.1, -0.05) is 30.1 Å². The number of carbonyl (C=O) groups is 1. The number of halogens is 3. The molecule has 0 aliphatic heterocycles. The molecule has 9 heteroatoms. The fraction of sp³-hybridized carbons (Fsp3) is 0.125. The number of thiophene rings is 1. The van der Waals surface area contributed by atoms with Crippen molar-refractivity contribution < 1.29 is 14.6 Å². The number of ether oxygens (including phenoxy) is 1. The largest absolute Gasteiger partial charge is 0.512 e. The molecule has 0 bridgehead atoms. The average Bonchev–Trinajstić information content (AvgIpc) is 3.10. The van der Waals surface area contributed by atoms with Gasteiger partial charge in [-0.05, 0) is 46.6 Å². The zero-order chi connectivity index (χ0) is 18.1. The monoisotopic (exact) mass is 460 g/mol. The van der Waals surface area contributed by atoms with Crippen molar-refractivity contribution in [3.8, 4) is 22.1 Å². The van der Waals surface area contributed by atoms with Crippen LogP contribution >= 0.6 is 50.5 Å². The molecule has 0 atom stereocenters. The lowest BCUT2D eigenvalue weighted by atomic mass is 10.1. The van der Waals surface area contributed by atoms with Crippen molar-refractivity contribution in [2.45, 2.75) is 13.3 Å². The highest BCUT2D eigenvalue weighted by Crippen LogP contribution is 2.39. The third kappa shape index (κ3) is 3.69. The fourth-order valence-electron chi connectivity index (χ4n) is 2.43. The molecular weight excluding hydrogens is 451 g/mol. The van der Waals surface area contributed by atoms with Crippen LogP contribution in [0.3, 0.4) is 0 Å². The first-order valence-electron chi connectivity index (χ1n) is 7.13. The summed E-state index contributed by atoms with van der Waals surface area (Å²) >= 11 is 17.2. The minimum atomic E-state index is -1.42. The van der Waals surface area contributed by atoms with Gasteiger partial charge in [-0.2, -0.15) is 0 Å². The van der Waals surface area contributed by atoms with Crippen LogP contribution in [0.4, 0.5) is 4.79 Å². The SMILES string of the molecule is CCc1c(OC(=O)O)nn(-c2ccc(Cl)cc2Cl)c1-c1cc(Br)cs1. The number of hydrogen-bond donors (Lipinski definition) is 1. The molecule has 0 amide bonds. The number of rotatable bonds is 4. The molecule has 2 heterocycles. The highest BCUT2D eigenvalue weighted by molar-refractivity contribution is 9.10. The van der Waals surface area contributed by atoms with Crippen molar-refractivity contribution >= 4 is 56.6 Å². The number of aromatic nitrogens is 2. The van der Waals surface area contributed by atoms with Crippen LogP contribution in [-0.4, -0.2) is 21.0 Å². The van der Waals surface area contributed by atoms with Gasteiger partial charge >= 0.3 is 6.16 Å². The molecule has 0 saturated carbocycles. The normalized spacial score (nSPS) is 10.9. The van der Waals surface area contributed by atoms with E-state index in [4.69, 9.17) is 33.0 Å². The molecule has 0 fully saturated rings. The zero-order valence-electron chi connectivity index (χ0n) is 12.8. The van der Waals surface area contributed by atoms with Gasteiger partial charge in [-0.25, -0.2) is 9.48 Å². The van der Waals surface area contributed by atoms with Gasteiger partial charge in [0, 0.05) is 20.4 Å². The Bertz CT molecular complexity index is 955. The van der Waals surface area contributed by atoms with Gasteiger partial charge in [0.15, 0.2) is 0 Å². The molecule has 0 aliphatic rings. The summed E-state index contributed by atoms with van der Waals surface area (Å²) in [4.78, 5) is 11.9. The van der Waals surface area contributed by atoms with Crippen molar-refractivity contribution in [3.05, 3.63) is 49.7 Å². The average molecular weight is 462 g/mol. The van der Waals surface area contributed by atoms with E-state index in [2.05, 4.69) is 21.0 Å². The van der Waals surface area contributed by atoms with E-state index in [1.54, 1.807) is 22.9 Å². The third-order valence-electron chi connectivity index (χ3n) is 3.42. The molecule has 1 N–H and O–H groups in total. The van der Waals surface area contributed by atoms with Gasteiger partial charge in [0.05, 0.1) is 21.3 Å². The highest BCUT2D eigenvalue weighted by atomic mass is 79.9. The lowest BCUT2D eigenvalue weighted by molar-refractivity contribution is 0.142. The zero-order valence-corrected chi connectivity index (χ0v) is 16.7. The van der Waals surface area contributed by atoms with Gasteiger partial charge in [-0.3, -0.25) is 0 Å². The molecule has 0 unspecified atom stereocenters. The third-order valence-corrected chi connectivity index (χ3v) is 5.66. The fourth-order valence-corrected chi connectivity index (χ4v) is 4.40. The van der Waals surface area contributed by atoms with E-state index in [1.807, 2.05) is 18.4 Å². The molecule has 0 saturated heterocycles. The van der Waals surface area contributed by atoms with E-state index >= 15 is 0 Å². The van der Waals surface area contributed by atoms with E-state index in [0.717, 1.165) is 15.0 Å². The van der Waals surface area contributed by atoms with Crippen LogP contribution in [0.25, 0.3) is 16.3 Å². The summed E-state index contributed by atoms with van der Waals surface area (Å²) in [6.07, 6.45) is -0.876. The van der Waals surface area contributed by atoms with Gasteiger partial charge < -0.3 is 9.84 Å². The van der Waals surface area contributed by atoms with Gasteiger partial charge in [-0.15, -0.1) is 16.4 Å². The Hall–Kier alpha value is -1.54. The Morgan fingerprint density at radius 3 is 2.72 bits per heavy atom. The van der Waals surface area contributed by atoms with E-state index in [0.29, 0.717) is 27.7 Å². The number of carboxylic acid groups (broad SMARTS) is 1. The molecule has 25 heavy (non-hydrogen) atoms. The minimum absolute atomic E-state index is 0.0422. The van der Waals surface area contributed by atoms with Crippen LogP contribution in [0, 0.1) is 0 Å². The van der Waals surface area contributed by atoms with Crippen molar-refractivity contribution in [1.82, 2.24) is 9.78 Å². The summed E-state index contributed by atoms with van der Waals surface area (Å²) in [6.45, 7) is 1.91. The van der Waals surface area contributed by atoms with Crippen LogP contribution in [0.5, 0.6) is 5.88 Å². The van der Waals surface area contributed by atoms with Crippen LogP contribution in [0.1, 0.15) is 12.5 Å². The molecule has 0 radical (unpaired) electrons. The Morgan fingerprint density at radius 2 is 2.16 bits per heavy atom. The smallest absolute Gasteiger partial charge is 0.449 e. The van der Waals surface area contributed by atoms with Crippen LogP contribution in [0.2, 0.25) is 10.0 Å². The maximum Gasteiger partial charge on any atom is 0.512 e. The molecule has 3 aromatic rings. The Morgan fingerprint density at radius 1 is 1.40 bits per heavy atom. The summed E-state index contributed by atoms with van der Waals surface area (Å²) in [7, 11) is 0. The Kier molecular flexibility index (Phi) is 5.38. The lowest BCUT2D eigenvalue weighted by Crippen LogP contribution is -2.05. The first-order valence-corrected chi connectivity index (χ1v) is 9.56. The summed E-state index contributed by atoms with van der Waals surface area (Å²) in [5.41, 5.74) is 2.00. The highest BCUT2D eigenvalue weighted by Gasteiger charge is 2.24. The van der Waals surface area contributed by atoms with E-state index in [-0.39, 0.29) is 5.88 Å². The quantitative estimate of drug-likeness (QED) is 0.463. The van der Waals surface area contributed by atoms with E-state index in [1.165, 1.54) is 11.3 Å². The first kappa shape index (κ1) is 18.3. The topological polar surface area (TPSA) is 64.3 Å². The maximum atomic E-state index is 11.0. The molecular formula is C16H11BrCl2N2O3S. The van der Waals surface area contributed by atoms with Gasteiger partial charge in [0.25, 0.3) is 0 Å². The van der Waals surface area contributed by atoms with Crippen molar-refractivity contribution in [1.29, 1.82) is 0 Å². The van der Waals surface area contributed by atoms with Gasteiger partial charge in [0.2, 0.25) is 5.88 Å². The molecule has 1 aromatic carbocycles. The van der Waals surface area contributed by atoms with E-state index in [9.17, 15) is 4.79 Å². The molecule has 5 nitrogen and oxygen atoms in total. The van der Waals surface area contributed by atoms with Crippen molar-refractivity contribution in [2.24, 2.45) is 0 Å². The second-order valence-electron chi connectivity index (χ2n) is 4.99. The Labute approximate surface area is 165 Å². The summed E-state index contributed by atoms with van der Waals surface area (Å²) in [6, 6.07) is 6.97. The molecule has 0 aliphatic carbocycles. The molecule has 3 rings (SSSR count). The minimum Gasteiger partial charge on any atom is -0.449 e. The maximum absolute atomic E-state index is 11.0. The lowest BCUT2D eigenvalue weighted by Gasteiger charge is -2.09. The molecule has 130 valence electrons. The van der Waals surface area contributed by atoms with E-state index < -0.39 is 6.16 Å². The van der Waals surface area contributed by atoms with Crippen molar-refractivity contribution in [3.63, 3.8) is 0 Å². The van der Waals surface area contributed by atoms with Crippen LogP contribution < -0.4 is 4.74 Å². The summed E-state index contributed by atoms with van der Waals surface area (Å²) in [5.74, 6) is 0.0422. The number of benzene rings is 1. The predicted octanol–water partition coefficient (Wildman–Crippen LogP) is 6.29. The van der Waals surface area contributed by atoms with Crippen LogP contribution in [0.15, 0.2) is 34.1 Å². The van der Waals surface area contributed by atoms with Crippen LogP contribution in [-0.2, 0) is 6.42 Å². The standard InChI is InChI=1S/C16H11BrCl2N2O3S/c1-2-10-14(13-5-8(17)7-25-13)21(20-15(10)24-16(22)23)12-4-3-9(18)6-11(12)19/h3-7H,2H2,1H3,(H,22,23). The summed E-state index contributed by atoms with van der Waals surface area (Å²) < 4.78 is 7.39. The second kappa shape index (κ2) is 7.37. The molecule has 2 aromatic heterocycles. The summed E-state index contributed by atoms with van der Waals surface area (Å²) in [5, 5.41) is 16.2. The van der Waals surface area contributed by atoms with Crippen molar-refractivity contribution in [2.75, 3.05) is 0 Å². The number of hydrogen-bond acceptors (Lipinski definition) is 4. The first-order chi connectivity index (χ1) is 11.9. The predicted molar refractivity (Wildman–Crippen MR) is 103 cm³/mol. The second-order valence-corrected chi connectivity index (χ2v) is 7.66. The number of nitrogens with zero attached hydrogens (tertiary/aromatic N) is 2. The molecule has 0 spiro atoms. The van der Waals surface area contributed by atoms with Gasteiger partial charge in [0.1, 0.15) is 0 Å². The Balaban J connectivity index is 2.29.